The van der Waals surface area contributed by atoms with Crippen molar-refractivity contribution in [2.75, 3.05) is 10.6 Å². The van der Waals surface area contributed by atoms with E-state index in [9.17, 15) is 9.59 Å². The van der Waals surface area contributed by atoms with E-state index in [0.717, 1.165) is 21.9 Å². The van der Waals surface area contributed by atoms with Gasteiger partial charge < -0.3 is 10.6 Å². The van der Waals surface area contributed by atoms with Crippen LogP contribution in [0.5, 0.6) is 0 Å². The highest BCUT2D eigenvalue weighted by molar-refractivity contribution is 6.31. The topological polar surface area (TPSA) is 84.0 Å². The van der Waals surface area contributed by atoms with Crippen LogP contribution >= 0.6 is 23.2 Å². The van der Waals surface area contributed by atoms with Crippen LogP contribution in [0, 0.1) is 0 Å². The Hall–Kier alpha value is -5.56. The van der Waals surface area contributed by atoms with Crippen LogP contribution in [0.4, 0.5) is 11.4 Å². The fourth-order valence-electron chi connectivity index (χ4n) is 5.34. The molecule has 7 rings (SSSR count). The molecular weight excluding hydrogens is 615 g/mol. The van der Waals surface area contributed by atoms with E-state index in [4.69, 9.17) is 33.2 Å². The second-order valence-corrected chi connectivity index (χ2v) is 11.5. The maximum atomic E-state index is 13.7. The second kappa shape index (κ2) is 12.4. The van der Waals surface area contributed by atoms with E-state index in [2.05, 4.69) is 10.6 Å². The molecular formula is C38H24Cl2N4O2. The molecule has 0 unspecified atom stereocenters. The van der Waals surface area contributed by atoms with Crippen molar-refractivity contribution >= 4 is 68.2 Å². The van der Waals surface area contributed by atoms with Crippen molar-refractivity contribution in [1.29, 1.82) is 0 Å². The Bertz CT molecular complexity index is 2110. The van der Waals surface area contributed by atoms with Crippen LogP contribution in [0.3, 0.4) is 0 Å². The quantitative estimate of drug-likeness (QED) is 0.190. The SMILES string of the molecule is O=C(Nc1cccc(NC(=O)c2cc(-c3ccc(Cl)cc3)nc3ccccc23)c1)c1cc(-c2ccc(Cl)cc2)nc2ccccc12. The first-order valence-electron chi connectivity index (χ1n) is 14.5. The zero-order valence-electron chi connectivity index (χ0n) is 24.2. The summed E-state index contributed by atoms with van der Waals surface area (Å²) in [7, 11) is 0. The predicted octanol–water partition coefficient (Wildman–Crippen LogP) is 9.93. The minimum atomic E-state index is -0.301. The van der Waals surface area contributed by atoms with Gasteiger partial charge >= 0.3 is 0 Å². The van der Waals surface area contributed by atoms with E-state index < -0.39 is 0 Å². The number of hydrogen-bond donors (Lipinski definition) is 2. The Morgan fingerprint density at radius 1 is 0.478 bits per heavy atom. The lowest BCUT2D eigenvalue weighted by atomic mass is 10.0. The molecule has 0 aliphatic carbocycles. The molecule has 8 heteroatoms. The maximum Gasteiger partial charge on any atom is 0.256 e. The van der Waals surface area contributed by atoms with Crippen LogP contribution in [0.1, 0.15) is 20.7 Å². The largest absolute Gasteiger partial charge is 0.322 e. The molecule has 0 fully saturated rings. The molecule has 5 aromatic carbocycles. The Morgan fingerprint density at radius 2 is 0.891 bits per heavy atom. The molecule has 0 saturated carbocycles. The van der Waals surface area contributed by atoms with Crippen LogP contribution in [-0.2, 0) is 0 Å². The van der Waals surface area contributed by atoms with Gasteiger partial charge in [0.25, 0.3) is 11.8 Å². The maximum absolute atomic E-state index is 13.7. The van der Waals surface area contributed by atoms with Gasteiger partial charge in [0.05, 0.1) is 33.5 Å². The molecule has 2 N–H and O–H groups in total. The average molecular weight is 640 g/mol. The molecule has 0 saturated heterocycles. The van der Waals surface area contributed by atoms with E-state index >= 15 is 0 Å². The Kier molecular flexibility index (Phi) is 7.89. The summed E-state index contributed by atoms with van der Waals surface area (Å²) in [5.41, 5.74) is 6.40. The van der Waals surface area contributed by atoms with E-state index in [0.29, 0.717) is 55.0 Å². The molecule has 222 valence electrons. The number of nitrogens with zero attached hydrogens (tertiary/aromatic N) is 2. The van der Waals surface area contributed by atoms with Gasteiger partial charge in [-0.2, -0.15) is 0 Å². The van der Waals surface area contributed by atoms with Gasteiger partial charge in [-0.05, 0) is 66.7 Å². The van der Waals surface area contributed by atoms with Crippen molar-refractivity contribution in [2.45, 2.75) is 0 Å². The number of benzene rings is 5. The molecule has 6 nitrogen and oxygen atoms in total. The highest BCUT2D eigenvalue weighted by Crippen LogP contribution is 2.29. The third kappa shape index (κ3) is 6.04. The number of amides is 2. The van der Waals surface area contributed by atoms with Gasteiger partial charge in [0, 0.05) is 43.3 Å². The lowest BCUT2D eigenvalue weighted by molar-refractivity contribution is 0.102. The molecule has 0 atom stereocenters. The van der Waals surface area contributed by atoms with Crippen molar-refractivity contribution in [3.8, 4) is 22.5 Å². The van der Waals surface area contributed by atoms with Crippen molar-refractivity contribution in [1.82, 2.24) is 9.97 Å². The lowest BCUT2D eigenvalue weighted by Gasteiger charge is -2.13. The van der Waals surface area contributed by atoms with Crippen LogP contribution in [0.25, 0.3) is 44.3 Å². The number of para-hydroxylation sites is 2. The minimum absolute atomic E-state index is 0.301. The summed E-state index contributed by atoms with van der Waals surface area (Å²) in [6, 6.07) is 40.3. The fraction of sp³-hybridized carbons (Fsp3) is 0. The summed E-state index contributed by atoms with van der Waals surface area (Å²) in [5.74, 6) is -0.602. The second-order valence-electron chi connectivity index (χ2n) is 10.6. The lowest BCUT2D eigenvalue weighted by Crippen LogP contribution is -2.15. The Balaban J connectivity index is 1.17. The number of hydrogen-bond acceptors (Lipinski definition) is 4. The molecule has 0 aliphatic rings. The number of anilines is 2. The molecule has 2 amide bonds. The summed E-state index contributed by atoms with van der Waals surface area (Å²) in [5, 5.41) is 8.68. The van der Waals surface area contributed by atoms with Gasteiger partial charge in [-0.15, -0.1) is 0 Å². The Morgan fingerprint density at radius 3 is 1.33 bits per heavy atom. The normalized spacial score (nSPS) is 11.0. The predicted molar refractivity (Wildman–Crippen MR) is 187 cm³/mol. The zero-order chi connectivity index (χ0) is 31.6. The van der Waals surface area contributed by atoms with Crippen molar-refractivity contribution < 1.29 is 9.59 Å². The molecule has 0 aliphatic heterocycles. The van der Waals surface area contributed by atoms with Gasteiger partial charge in [-0.1, -0.05) is 89.9 Å². The highest BCUT2D eigenvalue weighted by atomic mass is 35.5. The Labute approximate surface area is 274 Å². The number of aromatic nitrogens is 2. The van der Waals surface area contributed by atoms with Gasteiger partial charge in [0.2, 0.25) is 0 Å². The van der Waals surface area contributed by atoms with Crippen molar-refractivity contribution in [3.05, 3.63) is 155 Å². The highest BCUT2D eigenvalue weighted by Gasteiger charge is 2.17. The van der Waals surface area contributed by atoms with Crippen LogP contribution in [0.2, 0.25) is 10.0 Å². The first-order chi connectivity index (χ1) is 22.4. The monoisotopic (exact) mass is 638 g/mol. The molecule has 0 bridgehead atoms. The standard InChI is InChI=1S/C38H24Cl2N4O2/c39-25-16-12-23(13-17-25)35-21-31(29-8-1-3-10-33(29)43-35)37(45)41-27-6-5-7-28(20-27)42-38(46)32-22-36(24-14-18-26(40)19-15-24)44-34-11-4-2-9-30(32)34/h1-22H,(H,41,45)(H,42,46). The number of pyridine rings is 2. The smallest absolute Gasteiger partial charge is 0.256 e. The van der Waals surface area contributed by atoms with Gasteiger partial charge in [0.15, 0.2) is 0 Å². The average Bonchev–Trinajstić information content (AvgIpc) is 3.08. The van der Waals surface area contributed by atoms with E-state index in [1.807, 2.05) is 72.8 Å². The molecule has 46 heavy (non-hydrogen) atoms. The van der Waals surface area contributed by atoms with Gasteiger partial charge in [-0.3, -0.25) is 9.59 Å². The summed E-state index contributed by atoms with van der Waals surface area (Å²) < 4.78 is 0. The fourth-order valence-corrected chi connectivity index (χ4v) is 5.59. The summed E-state index contributed by atoms with van der Waals surface area (Å²) in [6.45, 7) is 0. The summed E-state index contributed by atoms with van der Waals surface area (Å²) >= 11 is 12.2. The summed E-state index contributed by atoms with van der Waals surface area (Å²) in [6.07, 6.45) is 0. The molecule has 0 radical (unpaired) electrons. The summed E-state index contributed by atoms with van der Waals surface area (Å²) in [4.78, 5) is 36.9. The number of halogens is 2. The first-order valence-corrected chi connectivity index (χ1v) is 15.2. The van der Waals surface area contributed by atoms with Crippen LogP contribution in [-0.4, -0.2) is 21.8 Å². The third-order valence-corrected chi connectivity index (χ3v) is 8.08. The van der Waals surface area contributed by atoms with Crippen molar-refractivity contribution in [2.24, 2.45) is 0 Å². The van der Waals surface area contributed by atoms with E-state index in [1.54, 1.807) is 60.7 Å². The zero-order valence-corrected chi connectivity index (χ0v) is 25.7. The van der Waals surface area contributed by atoms with Crippen LogP contribution in [0.15, 0.2) is 133 Å². The van der Waals surface area contributed by atoms with Crippen LogP contribution < -0.4 is 10.6 Å². The first kappa shape index (κ1) is 29.2. The number of carbonyl (C=O) groups excluding carboxylic acids is 2. The van der Waals surface area contributed by atoms with Gasteiger partial charge in [0.1, 0.15) is 0 Å². The number of carbonyl (C=O) groups is 2. The molecule has 2 aromatic heterocycles. The molecule has 2 heterocycles. The number of fused-ring (bicyclic) bond motifs is 2. The van der Waals surface area contributed by atoms with Gasteiger partial charge in [-0.25, -0.2) is 9.97 Å². The molecule has 7 aromatic rings. The van der Waals surface area contributed by atoms with Crippen molar-refractivity contribution in [3.63, 3.8) is 0 Å². The minimum Gasteiger partial charge on any atom is -0.322 e. The third-order valence-electron chi connectivity index (χ3n) is 7.58. The number of nitrogens with one attached hydrogen (secondary N) is 2. The number of rotatable bonds is 6. The van der Waals surface area contributed by atoms with E-state index in [1.165, 1.54) is 0 Å². The van der Waals surface area contributed by atoms with E-state index in [-0.39, 0.29) is 11.8 Å². The molecule has 0 spiro atoms.